The first-order chi connectivity index (χ1) is 21.9. The summed E-state index contributed by atoms with van der Waals surface area (Å²) in [5.74, 6) is -0.970. The molecule has 0 saturated heterocycles. The Morgan fingerprint density at radius 3 is 2.46 bits per heavy atom. The lowest BCUT2D eigenvalue weighted by atomic mass is 9.95. The number of thiazole rings is 1. The molecular formula is C32H24ClF4IN2O5S. The predicted octanol–water partition coefficient (Wildman–Crippen LogP) is 6.72. The summed E-state index contributed by atoms with van der Waals surface area (Å²) in [6.45, 7) is 3.26. The Morgan fingerprint density at radius 2 is 1.80 bits per heavy atom. The molecule has 0 aliphatic carbocycles. The highest BCUT2D eigenvalue weighted by Crippen LogP contribution is 2.39. The van der Waals surface area contributed by atoms with Crippen molar-refractivity contribution in [1.29, 1.82) is 0 Å². The van der Waals surface area contributed by atoms with Gasteiger partial charge in [-0.2, -0.15) is 13.2 Å². The molecule has 5 rings (SSSR count). The summed E-state index contributed by atoms with van der Waals surface area (Å²) in [5.41, 5.74) is -1.87. The largest absolute Gasteiger partial charge is 0.490 e. The molecule has 0 N–H and O–H groups in total. The van der Waals surface area contributed by atoms with Crippen LogP contribution in [0.1, 0.15) is 36.6 Å². The van der Waals surface area contributed by atoms with Gasteiger partial charge < -0.3 is 14.2 Å². The maximum Gasteiger partial charge on any atom is 0.434 e. The van der Waals surface area contributed by atoms with Crippen molar-refractivity contribution in [3.63, 3.8) is 0 Å². The summed E-state index contributed by atoms with van der Waals surface area (Å²) in [5, 5.41) is 0.315. The van der Waals surface area contributed by atoms with Gasteiger partial charge >= 0.3 is 12.1 Å². The number of hydrogen-bond acceptors (Lipinski definition) is 7. The summed E-state index contributed by atoms with van der Waals surface area (Å²) in [7, 11) is 0. The molecule has 3 aromatic carbocycles. The Balaban J connectivity index is 1.65. The van der Waals surface area contributed by atoms with Gasteiger partial charge in [-0.15, -0.1) is 0 Å². The van der Waals surface area contributed by atoms with Crippen molar-refractivity contribution in [2.24, 2.45) is 4.99 Å². The number of benzene rings is 3. The van der Waals surface area contributed by atoms with Crippen LogP contribution in [0.4, 0.5) is 17.6 Å². The van der Waals surface area contributed by atoms with Gasteiger partial charge in [-0.1, -0.05) is 53.3 Å². The maximum atomic E-state index is 14.4. The quantitative estimate of drug-likeness (QED) is 0.107. The number of esters is 1. The topological polar surface area (TPSA) is 79.1 Å². The van der Waals surface area contributed by atoms with E-state index in [1.54, 1.807) is 37.3 Å². The number of alkyl halides is 3. The van der Waals surface area contributed by atoms with E-state index in [4.69, 9.17) is 25.8 Å². The van der Waals surface area contributed by atoms with Gasteiger partial charge in [-0.3, -0.25) is 9.36 Å². The van der Waals surface area contributed by atoms with E-state index in [2.05, 4.69) is 4.99 Å². The maximum absolute atomic E-state index is 14.4. The Labute approximate surface area is 282 Å². The molecule has 0 saturated carbocycles. The number of fused-ring (bicyclic) bond motifs is 1. The number of rotatable bonds is 9. The first-order valence-corrected chi connectivity index (χ1v) is 16.1. The van der Waals surface area contributed by atoms with Crippen LogP contribution in [0.3, 0.4) is 0 Å². The molecule has 4 aromatic rings. The van der Waals surface area contributed by atoms with Gasteiger partial charge in [0.15, 0.2) is 22.0 Å². The molecule has 46 heavy (non-hydrogen) atoms. The summed E-state index contributed by atoms with van der Waals surface area (Å²) >= 11 is 8.80. The Morgan fingerprint density at radius 1 is 1.09 bits per heavy atom. The van der Waals surface area contributed by atoms with E-state index in [1.165, 1.54) is 43.3 Å². The fourth-order valence-corrected chi connectivity index (χ4v) is 6.70. The smallest absolute Gasteiger partial charge is 0.434 e. The Hall–Kier alpha value is -3.69. The van der Waals surface area contributed by atoms with Crippen LogP contribution in [-0.2, 0) is 16.1 Å². The summed E-state index contributed by atoms with van der Waals surface area (Å²) in [4.78, 5) is 30.5. The van der Waals surface area contributed by atoms with Crippen molar-refractivity contribution in [2.45, 2.75) is 32.7 Å². The van der Waals surface area contributed by atoms with Crippen molar-refractivity contribution >= 4 is 57.6 Å². The first kappa shape index (κ1) is 33.7. The first-order valence-electron chi connectivity index (χ1n) is 13.8. The Kier molecular flexibility index (Phi) is 10.2. The van der Waals surface area contributed by atoms with Gasteiger partial charge in [-0.05, 0) is 84.0 Å². The Bertz CT molecular complexity index is 2010. The number of hydrogen-bond donors (Lipinski definition) is 0. The van der Waals surface area contributed by atoms with Gasteiger partial charge in [0.2, 0.25) is 0 Å². The van der Waals surface area contributed by atoms with Crippen LogP contribution in [0.2, 0.25) is 5.02 Å². The third-order valence-corrected chi connectivity index (χ3v) is 8.78. The number of aromatic nitrogens is 1. The molecule has 0 unspecified atom stereocenters. The minimum absolute atomic E-state index is 0.0580. The van der Waals surface area contributed by atoms with Crippen LogP contribution in [0.5, 0.6) is 11.5 Å². The third kappa shape index (κ3) is 7.00. The lowest BCUT2D eigenvalue weighted by Crippen LogP contribution is -2.41. The minimum atomic E-state index is -5.02. The van der Waals surface area contributed by atoms with Crippen LogP contribution in [-0.4, -0.2) is 29.9 Å². The van der Waals surface area contributed by atoms with Crippen molar-refractivity contribution in [3.05, 3.63) is 123 Å². The molecule has 0 radical (unpaired) electrons. The van der Waals surface area contributed by atoms with E-state index in [1.807, 2.05) is 22.6 Å². The molecule has 2 heterocycles. The number of allylic oxidation sites excluding steroid dienone is 1. The molecule has 7 nitrogen and oxygen atoms in total. The van der Waals surface area contributed by atoms with Crippen LogP contribution < -0.4 is 24.4 Å². The molecule has 1 aliphatic rings. The average molecular weight is 787 g/mol. The van der Waals surface area contributed by atoms with E-state index in [0.29, 0.717) is 31.2 Å². The summed E-state index contributed by atoms with van der Waals surface area (Å²) in [6.07, 6.45) is -3.53. The normalized spacial score (nSPS) is 15.0. The van der Waals surface area contributed by atoms with Crippen molar-refractivity contribution in [3.8, 4) is 11.5 Å². The number of halogens is 6. The monoisotopic (exact) mass is 786 g/mol. The van der Waals surface area contributed by atoms with Crippen molar-refractivity contribution < 1.29 is 36.6 Å². The number of ether oxygens (including phenoxy) is 3. The molecule has 1 aliphatic heterocycles. The number of carbonyl (C=O) groups is 1. The highest BCUT2D eigenvalue weighted by atomic mass is 127. The average Bonchev–Trinajstić information content (AvgIpc) is 3.31. The van der Waals surface area contributed by atoms with E-state index in [9.17, 15) is 27.2 Å². The lowest BCUT2D eigenvalue weighted by Gasteiger charge is -2.26. The molecule has 1 aromatic heterocycles. The molecule has 14 heteroatoms. The second-order valence-electron chi connectivity index (χ2n) is 9.76. The van der Waals surface area contributed by atoms with Crippen molar-refractivity contribution in [1.82, 2.24) is 4.57 Å². The molecule has 240 valence electrons. The van der Waals surface area contributed by atoms with Gasteiger partial charge in [0, 0.05) is 10.6 Å². The van der Waals surface area contributed by atoms with Crippen LogP contribution in [0.25, 0.3) is 6.08 Å². The van der Waals surface area contributed by atoms with Gasteiger partial charge in [0.05, 0.1) is 32.9 Å². The summed E-state index contributed by atoms with van der Waals surface area (Å²) < 4.78 is 75.7. The minimum Gasteiger partial charge on any atom is -0.490 e. The van der Waals surface area contributed by atoms with Crippen LogP contribution >= 0.6 is 45.5 Å². The fraction of sp³-hybridized carbons (Fsp3) is 0.219. The zero-order valence-corrected chi connectivity index (χ0v) is 27.9. The highest BCUT2D eigenvalue weighted by Gasteiger charge is 2.45. The van der Waals surface area contributed by atoms with E-state index in [-0.39, 0.29) is 34.7 Å². The predicted molar refractivity (Wildman–Crippen MR) is 173 cm³/mol. The van der Waals surface area contributed by atoms with Crippen LogP contribution in [0.15, 0.2) is 81.7 Å². The van der Waals surface area contributed by atoms with Gasteiger partial charge in [0.25, 0.3) is 5.56 Å². The fourth-order valence-electron chi connectivity index (χ4n) is 4.79. The zero-order valence-electron chi connectivity index (χ0n) is 24.2. The standard InChI is InChI=1S/C32H24ClF4IN2O5S/c1-3-43-23-14-17(13-22(38)27(23)45-16-19-7-5-6-8-21(19)34)15-24-29(41)40-26(18-9-11-20(33)12-10-18)25(30(42)44-4-2)28(32(35,36)37)39-31(40)46-24/h5-15,26H,3-4,16H2,1-2H3/b24-15-/t26-/m1/s1. The highest BCUT2D eigenvalue weighted by molar-refractivity contribution is 14.1. The third-order valence-electron chi connectivity index (χ3n) is 6.74. The van der Waals surface area contributed by atoms with E-state index >= 15 is 0 Å². The van der Waals surface area contributed by atoms with Crippen molar-refractivity contribution in [2.75, 3.05) is 13.2 Å². The van der Waals surface area contributed by atoms with Gasteiger partial charge in [-0.25, -0.2) is 14.2 Å². The molecule has 0 amide bonds. The number of nitrogens with zero attached hydrogens (tertiary/aromatic N) is 2. The second-order valence-corrected chi connectivity index (χ2v) is 12.4. The number of carbonyl (C=O) groups excluding carboxylic acids is 1. The second kappa shape index (κ2) is 14.0. The zero-order chi connectivity index (χ0) is 33.2. The lowest BCUT2D eigenvalue weighted by molar-refractivity contribution is -0.140. The molecule has 1 atom stereocenters. The van der Waals surface area contributed by atoms with Crippen LogP contribution in [0, 0.1) is 9.39 Å². The molecule has 0 bridgehead atoms. The summed E-state index contributed by atoms with van der Waals surface area (Å²) in [6, 6.07) is 13.8. The SMILES string of the molecule is CCOC(=O)C1=C(C(F)(F)F)N=c2s/c(=C\c3cc(I)c(OCc4ccccc4F)c(OCC)c3)c(=O)n2[C@@H]1c1ccc(Cl)cc1. The van der Waals surface area contributed by atoms with E-state index in [0.717, 1.165) is 15.9 Å². The molecule has 0 fully saturated rings. The van der Waals surface area contributed by atoms with Gasteiger partial charge in [0.1, 0.15) is 12.4 Å². The molecular weight excluding hydrogens is 763 g/mol. The molecule has 0 spiro atoms. The van der Waals surface area contributed by atoms with E-state index < -0.39 is 40.8 Å².